The molecule has 1 fully saturated rings. The molecule has 0 N–H and O–H groups in total. The van der Waals surface area contributed by atoms with E-state index < -0.39 is 17.9 Å². The predicted octanol–water partition coefficient (Wildman–Crippen LogP) is 6.14. The van der Waals surface area contributed by atoms with Crippen molar-refractivity contribution in [3.05, 3.63) is 64.7 Å². The molecule has 2 aromatic carbocycles. The molecule has 0 aliphatic carbocycles. The van der Waals surface area contributed by atoms with E-state index in [0.29, 0.717) is 12.5 Å². The van der Waals surface area contributed by atoms with E-state index >= 15 is 0 Å². The first-order valence-electron chi connectivity index (χ1n) is 10.5. The maximum Gasteiger partial charge on any atom is 0.200 e. The van der Waals surface area contributed by atoms with E-state index in [2.05, 4.69) is 31.2 Å². The number of unbranched alkanes of at least 4 members (excludes halogenated alkanes) is 1. The molecule has 1 aliphatic heterocycles. The molecule has 2 unspecified atom stereocenters. The molecule has 3 nitrogen and oxygen atoms in total. The van der Waals surface area contributed by atoms with Crippen LogP contribution in [0.15, 0.2) is 36.4 Å². The van der Waals surface area contributed by atoms with Crippen molar-refractivity contribution >= 4 is 0 Å². The van der Waals surface area contributed by atoms with Crippen LogP contribution in [0.25, 0.3) is 0 Å². The Balaban J connectivity index is 1.48. The fourth-order valence-corrected chi connectivity index (χ4v) is 3.59. The largest absolute Gasteiger partial charge is 0.491 e. The summed E-state index contributed by atoms with van der Waals surface area (Å²) in [7, 11) is 0. The highest BCUT2D eigenvalue weighted by molar-refractivity contribution is 5.31. The molecule has 1 saturated heterocycles. The van der Waals surface area contributed by atoms with Gasteiger partial charge in [0.05, 0.1) is 19.8 Å². The summed E-state index contributed by atoms with van der Waals surface area (Å²) in [5.41, 5.74) is 2.82. The first kappa shape index (κ1) is 21.7. The van der Waals surface area contributed by atoms with Gasteiger partial charge in [0.2, 0.25) is 5.82 Å². The van der Waals surface area contributed by atoms with E-state index in [1.807, 2.05) is 0 Å². The summed E-state index contributed by atoms with van der Waals surface area (Å²) in [6.45, 7) is 4.75. The first-order valence-corrected chi connectivity index (χ1v) is 10.5. The van der Waals surface area contributed by atoms with Crippen LogP contribution < -0.4 is 4.74 Å². The van der Waals surface area contributed by atoms with E-state index in [0.717, 1.165) is 19.3 Å². The summed E-state index contributed by atoms with van der Waals surface area (Å²) < 4.78 is 44.7. The van der Waals surface area contributed by atoms with Gasteiger partial charge < -0.3 is 14.2 Å². The van der Waals surface area contributed by atoms with Gasteiger partial charge in [-0.25, -0.2) is 4.39 Å². The normalized spacial score (nSPS) is 19.3. The summed E-state index contributed by atoms with van der Waals surface area (Å²) in [4.78, 5) is 0. The third-order valence-electron chi connectivity index (χ3n) is 5.36. The molecule has 158 valence electrons. The zero-order valence-electron chi connectivity index (χ0n) is 17.3. The standard InChI is InChI=1S/C24H30F2O3/c1-3-5-6-17-7-9-18(10-8-17)19-12-14-22(28-15-19)29-16-20-11-13-21(27-4-2)24(26)23(20)25/h7-11,13,19,22H,3-6,12,14-16H2,1-2H3. The molecule has 5 heteroatoms. The lowest BCUT2D eigenvalue weighted by Crippen LogP contribution is -2.27. The minimum atomic E-state index is -0.972. The Morgan fingerprint density at radius 3 is 2.45 bits per heavy atom. The predicted molar refractivity (Wildman–Crippen MR) is 109 cm³/mol. The van der Waals surface area contributed by atoms with Crippen molar-refractivity contribution in [2.45, 2.75) is 64.8 Å². The van der Waals surface area contributed by atoms with Gasteiger partial charge in [0.25, 0.3) is 0 Å². The van der Waals surface area contributed by atoms with Gasteiger partial charge in [-0.2, -0.15) is 4.39 Å². The lowest BCUT2D eigenvalue weighted by atomic mass is 9.92. The lowest BCUT2D eigenvalue weighted by molar-refractivity contribution is -0.174. The fourth-order valence-electron chi connectivity index (χ4n) is 3.59. The lowest BCUT2D eigenvalue weighted by Gasteiger charge is -2.29. The molecule has 0 spiro atoms. The summed E-state index contributed by atoms with van der Waals surface area (Å²) in [6.07, 6.45) is 4.80. The summed E-state index contributed by atoms with van der Waals surface area (Å²) in [5, 5.41) is 0. The van der Waals surface area contributed by atoms with E-state index in [1.54, 1.807) is 6.92 Å². The second-order valence-corrected chi connectivity index (χ2v) is 7.48. The molecule has 2 atom stereocenters. The van der Waals surface area contributed by atoms with Crippen molar-refractivity contribution in [3.63, 3.8) is 0 Å². The van der Waals surface area contributed by atoms with Gasteiger partial charge in [-0.1, -0.05) is 37.6 Å². The van der Waals surface area contributed by atoms with Crippen molar-refractivity contribution in [1.82, 2.24) is 0 Å². The van der Waals surface area contributed by atoms with Crippen LogP contribution in [0, 0.1) is 11.6 Å². The van der Waals surface area contributed by atoms with Crippen LogP contribution in [0.4, 0.5) is 8.78 Å². The average Bonchev–Trinajstić information content (AvgIpc) is 2.76. The Morgan fingerprint density at radius 2 is 1.79 bits per heavy atom. The number of halogens is 2. The van der Waals surface area contributed by atoms with Crippen LogP contribution in [0.1, 0.15) is 62.1 Å². The number of hydrogen-bond acceptors (Lipinski definition) is 3. The van der Waals surface area contributed by atoms with E-state index in [4.69, 9.17) is 14.2 Å². The first-order chi connectivity index (χ1) is 14.1. The van der Waals surface area contributed by atoms with Crippen molar-refractivity contribution in [2.24, 2.45) is 0 Å². The Morgan fingerprint density at radius 1 is 1.00 bits per heavy atom. The average molecular weight is 404 g/mol. The van der Waals surface area contributed by atoms with Crippen LogP contribution >= 0.6 is 0 Å². The van der Waals surface area contributed by atoms with Gasteiger partial charge >= 0.3 is 0 Å². The zero-order chi connectivity index (χ0) is 20.6. The molecule has 2 aromatic rings. The van der Waals surface area contributed by atoms with Gasteiger partial charge in [0, 0.05) is 11.5 Å². The maximum absolute atomic E-state index is 14.2. The van der Waals surface area contributed by atoms with Crippen LogP contribution in [0.3, 0.4) is 0 Å². The second-order valence-electron chi connectivity index (χ2n) is 7.48. The minimum Gasteiger partial charge on any atom is -0.491 e. The van der Waals surface area contributed by atoms with Crippen LogP contribution in [-0.4, -0.2) is 19.5 Å². The smallest absolute Gasteiger partial charge is 0.200 e. The van der Waals surface area contributed by atoms with Crippen molar-refractivity contribution < 1.29 is 23.0 Å². The maximum atomic E-state index is 14.2. The topological polar surface area (TPSA) is 27.7 Å². The highest BCUT2D eigenvalue weighted by Crippen LogP contribution is 2.30. The number of ether oxygens (including phenoxy) is 3. The third kappa shape index (κ3) is 5.77. The summed E-state index contributed by atoms with van der Waals surface area (Å²) in [6, 6.07) is 11.7. The van der Waals surface area contributed by atoms with Crippen molar-refractivity contribution in [1.29, 1.82) is 0 Å². The molecule has 0 amide bonds. The van der Waals surface area contributed by atoms with Crippen molar-refractivity contribution in [2.75, 3.05) is 13.2 Å². The number of hydrogen-bond donors (Lipinski definition) is 0. The van der Waals surface area contributed by atoms with Gasteiger partial charge in [-0.15, -0.1) is 0 Å². The SMILES string of the molecule is CCCCc1ccc(C2CCC(OCc3ccc(OCC)c(F)c3F)OC2)cc1. The molecule has 0 bridgehead atoms. The monoisotopic (exact) mass is 404 g/mol. The fraction of sp³-hybridized carbons (Fsp3) is 0.500. The Labute approximate surface area is 172 Å². The molecule has 1 aliphatic rings. The highest BCUT2D eigenvalue weighted by Gasteiger charge is 2.24. The summed E-state index contributed by atoms with van der Waals surface area (Å²) in [5.74, 6) is -1.63. The van der Waals surface area contributed by atoms with Gasteiger partial charge in [0.15, 0.2) is 17.9 Å². The Kier molecular flexibility index (Phi) is 8.01. The van der Waals surface area contributed by atoms with Gasteiger partial charge in [-0.3, -0.25) is 0 Å². The van der Waals surface area contributed by atoms with Crippen LogP contribution in [-0.2, 0) is 22.5 Å². The molecular weight excluding hydrogens is 374 g/mol. The Hall–Kier alpha value is -1.98. The van der Waals surface area contributed by atoms with Crippen LogP contribution in [0.5, 0.6) is 5.75 Å². The number of benzene rings is 2. The number of rotatable bonds is 9. The van der Waals surface area contributed by atoms with E-state index in [9.17, 15) is 8.78 Å². The molecule has 29 heavy (non-hydrogen) atoms. The Bertz CT molecular complexity index is 768. The molecule has 0 radical (unpaired) electrons. The molecule has 1 heterocycles. The highest BCUT2D eigenvalue weighted by atomic mass is 19.2. The van der Waals surface area contributed by atoms with Gasteiger partial charge in [0.1, 0.15) is 0 Å². The molecule has 3 rings (SSSR count). The molecule has 0 aromatic heterocycles. The van der Waals surface area contributed by atoms with E-state index in [-0.39, 0.29) is 24.5 Å². The quantitative estimate of drug-likeness (QED) is 0.502. The molecular formula is C24H30F2O3. The summed E-state index contributed by atoms with van der Waals surface area (Å²) >= 11 is 0. The number of aryl methyl sites for hydroxylation is 1. The van der Waals surface area contributed by atoms with E-state index in [1.165, 1.54) is 36.1 Å². The zero-order valence-corrected chi connectivity index (χ0v) is 17.3. The van der Waals surface area contributed by atoms with Gasteiger partial charge in [-0.05, 0) is 55.9 Å². The minimum absolute atomic E-state index is 0.0311. The second kappa shape index (κ2) is 10.7. The van der Waals surface area contributed by atoms with Crippen LogP contribution in [0.2, 0.25) is 0 Å². The third-order valence-corrected chi connectivity index (χ3v) is 5.36. The molecule has 0 saturated carbocycles. The van der Waals surface area contributed by atoms with Crippen molar-refractivity contribution in [3.8, 4) is 5.75 Å².